The van der Waals surface area contributed by atoms with Crippen LogP contribution in [0.5, 0.6) is 0 Å². The van der Waals surface area contributed by atoms with Crippen LogP contribution in [-0.2, 0) is 0 Å². The van der Waals surface area contributed by atoms with E-state index in [0.29, 0.717) is 17.3 Å². The Bertz CT molecular complexity index is 587. The molecule has 82 valence electrons. The van der Waals surface area contributed by atoms with E-state index in [4.69, 9.17) is 21.7 Å². The number of hydrogen-bond donors (Lipinski definition) is 2. The van der Waals surface area contributed by atoms with Crippen LogP contribution in [0.2, 0.25) is 0 Å². The van der Waals surface area contributed by atoms with Gasteiger partial charge in [0.1, 0.15) is 10.2 Å². The summed E-state index contributed by atoms with van der Waals surface area (Å²) in [6.07, 6.45) is 1.51. The van der Waals surface area contributed by atoms with Gasteiger partial charge >= 0.3 is 5.97 Å². The molecule has 0 aliphatic carbocycles. The van der Waals surface area contributed by atoms with Gasteiger partial charge in [0.2, 0.25) is 0 Å². The summed E-state index contributed by atoms with van der Waals surface area (Å²) in [5.74, 6) is -0.138. The van der Waals surface area contributed by atoms with E-state index >= 15 is 0 Å². The van der Waals surface area contributed by atoms with Crippen LogP contribution in [0.15, 0.2) is 22.8 Å². The summed E-state index contributed by atoms with van der Waals surface area (Å²) < 4.78 is 5.19. The summed E-state index contributed by atoms with van der Waals surface area (Å²) >= 11 is 4.92. The Kier molecular flexibility index (Phi) is 2.57. The fourth-order valence-corrected chi connectivity index (χ4v) is 1.70. The highest BCUT2D eigenvalue weighted by atomic mass is 32.1. The standard InChI is InChI=1S/C10H8N2O3S/c1-5-7(10(13)14)9(16)12-8(11-5)6-3-2-4-15-6/h2-4H,1H3,(H,13,14)(H,11,12,16). The van der Waals surface area contributed by atoms with E-state index in [1.165, 1.54) is 6.26 Å². The monoisotopic (exact) mass is 236 g/mol. The van der Waals surface area contributed by atoms with Crippen LogP contribution in [0.4, 0.5) is 0 Å². The van der Waals surface area contributed by atoms with E-state index in [0.717, 1.165) is 0 Å². The summed E-state index contributed by atoms with van der Waals surface area (Å²) in [6, 6.07) is 3.43. The van der Waals surface area contributed by atoms with Gasteiger partial charge in [0.15, 0.2) is 11.6 Å². The van der Waals surface area contributed by atoms with Crippen molar-refractivity contribution >= 4 is 18.2 Å². The quantitative estimate of drug-likeness (QED) is 0.783. The van der Waals surface area contributed by atoms with Gasteiger partial charge in [0.25, 0.3) is 0 Å². The van der Waals surface area contributed by atoms with Gasteiger partial charge in [-0.15, -0.1) is 0 Å². The Morgan fingerprint density at radius 1 is 1.62 bits per heavy atom. The van der Waals surface area contributed by atoms with Gasteiger partial charge in [-0.25, -0.2) is 9.78 Å². The van der Waals surface area contributed by atoms with Gasteiger partial charge < -0.3 is 14.5 Å². The molecule has 0 aliphatic rings. The molecule has 0 bridgehead atoms. The second-order valence-corrected chi connectivity index (χ2v) is 3.56. The maximum absolute atomic E-state index is 10.9. The van der Waals surface area contributed by atoms with Crippen LogP contribution in [0, 0.1) is 11.6 Å². The SMILES string of the molecule is Cc1[nH]c(-c2ccco2)nc(=S)c1C(=O)O. The van der Waals surface area contributed by atoms with Crippen molar-refractivity contribution < 1.29 is 14.3 Å². The molecule has 0 amide bonds. The lowest BCUT2D eigenvalue weighted by atomic mass is 10.2. The predicted octanol–water partition coefficient (Wildman–Crippen LogP) is 2.41. The first-order chi connectivity index (χ1) is 7.59. The van der Waals surface area contributed by atoms with Crippen LogP contribution in [0.1, 0.15) is 16.1 Å². The molecule has 2 rings (SSSR count). The van der Waals surface area contributed by atoms with E-state index in [-0.39, 0.29) is 10.2 Å². The highest BCUT2D eigenvalue weighted by Gasteiger charge is 2.13. The lowest BCUT2D eigenvalue weighted by molar-refractivity contribution is 0.0694. The molecule has 0 saturated carbocycles. The van der Waals surface area contributed by atoms with Gasteiger partial charge in [0.05, 0.1) is 6.26 Å². The van der Waals surface area contributed by atoms with Crippen molar-refractivity contribution in [1.82, 2.24) is 9.97 Å². The fourth-order valence-electron chi connectivity index (χ4n) is 1.37. The van der Waals surface area contributed by atoms with Crippen LogP contribution in [0.25, 0.3) is 11.6 Å². The Balaban J connectivity index is 2.63. The average Bonchev–Trinajstić information content (AvgIpc) is 2.67. The third kappa shape index (κ3) is 1.74. The predicted molar refractivity (Wildman–Crippen MR) is 58.8 cm³/mol. The zero-order chi connectivity index (χ0) is 11.7. The minimum absolute atomic E-state index is 0.0188. The highest BCUT2D eigenvalue weighted by Crippen LogP contribution is 2.17. The maximum Gasteiger partial charge on any atom is 0.340 e. The first-order valence-electron chi connectivity index (χ1n) is 4.47. The van der Waals surface area contributed by atoms with E-state index in [1.807, 2.05) is 0 Å². The maximum atomic E-state index is 10.9. The first-order valence-corrected chi connectivity index (χ1v) is 4.88. The fraction of sp³-hybridized carbons (Fsp3) is 0.100. The Morgan fingerprint density at radius 3 is 2.88 bits per heavy atom. The van der Waals surface area contributed by atoms with Gasteiger partial charge in [-0.1, -0.05) is 12.2 Å². The van der Waals surface area contributed by atoms with Gasteiger partial charge in [-0.2, -0.15) is 0 Å². The molecule has 6 heteroatoms. The first kappa shape index (κ1) is 10.6. The average molecular weight is 236 g/mol. The summed E-state index contributed by atoms with van der Waals surface area (Å²) in [6.45, 7) is 1.63. The van der Waals surface area contributed by atoms with Crippen molar-refractivity contribution in [3.63, 3.8) is 0 Å². The van der Waals surface area contributed by atoms with Crippen LogP contribution in [0.3, 0.4) is 0 Å². The summed E-state index contributed by atoms with van der Waals surface area (Å²) in [4.78, 5) is 17.7. The molecular weight excluding hydrogens is 228 g/mol. The van der Waals surface area contributed by atoms with Crippen molar-refractivity contribution in [2.75, 3.05) is 0 Å². The molecule has 16 heavy (non-hydrogen) atoms. The summed E-state index contributed by atoms with van der Waals surface area (Å²) in [7, 11) is 0. The number of nitrogens with one attached hydrogen (secondary N) is 1. The number of H-pyrrole nitrogens is 1. The number of aromatic amines is 1. The second-order valence-electron chi connectivity index (χ2n) is 3.17. The molecule has 0 radical (unpaired) electrons. The van der Waals surface area contributed by atoms with Gasteiger partial charge in [-0.3, -0.25) is 0 Å². The molecule has 2 aromatic heterocycles. The smallest absolute Gasteiger partial charge is 0.340 e. The van der Waals surface area contributed by atoms with E-state index in [1.54, 1.807) is 19.1 Å². The molecule has 0 unspecified atom stereocenters. The van der Waals surface area contributed by atoms with E-state index < -0.39 is 5.97 Å². The number of aryl methyl sites for hydroxylation is 1. The van der Waals surface area contributed by atoms with Crippen LogP contribution < -0.4 is 0 Å². The molecule has 0 aromatic carbocycles. The molecule has 0 saturated heterocycles. The zero-order valence-electron chi connectivity index (χ0n) is 8.35. The van der Waals surface area contributed by atoms with Crippen molar-refractivity contribution in [3.8, 4) is 11.6 Å². The lowest BCUT2D eigenvalue weighted by Gasteiger charge is -2.03. The molecule has 0 spiro atoms. The molecule has 2 N–H and O–H groups in total. The molecular formula is C10H8N2O3S. The summed E-state index contributed by atoms with van der Waals surface area (Å²) in [5.41, 5.74) is 0.476. The number of carboxylic acids is 1. The largest absolute Gasteiger partial charge is 0.478 e. The number of hydrogen-bond acceptors (Lipinski definition) is 4. The minimum atomic E-state index is -1.09. The molecule has 0 fully saturated rings. The van der Waals surface area contributed by atoms with E-state index in [2.05, 4.69) is 9.97 Å². The summed E-state index contributed by atoms with van der Waals surface area (Å²) in [5, 5.41) is 8.92. The molecule has 2 heterocycles. The Hall–Kier alpha value is -1.95. The topological polar surface area (TPSA) is 79.1 Å². The van der Waals surface area contributed by atoms with Crippen LogP contribution >= 0.6 is 12.2 Å². The van der Waals surface area contributed by atoms with Crippen molar-refractivity contribution in [1.29, 1.82) is 0 Å². The lowest BCUT2D eigenvalue weighted by Crippen LogP contribution is -2.06. The third-order valence-corrected chi connectivity index (χ3v) is 2.37. The van der Waals surface area contributed by atoms with Crippen LogP contribution in [-0.4, -0.2) is 21.0 Å². The number of aromatic carboxylic acids is 1. The second kappa shape index (κ2) is 3.90. The third-order valence-electron chi connectivity index (χ3n) is 2.08. The van der Waals surface area contributed by atoms with Crippen molar-refractivity contribution in [3.05, 3.63) is 34.3 Å². The molecule has 2 aromatic rings. The number of furan rings is 1. The normalized spacial score (nSPS) is 10.3. The number of carboxylic acid groups (broad SMARTS) is 1. The zero-order valence-corrected chi connectivity index (χ0v) is 9.17. The number of aromatic nitrogens is 2. The van der Waals surface area contributed by atoms with Crippen molar-refractivity contribution in [2.24, 2.45) is 0 Å². The van der Waals surface area contributed by atoms with E-state index in [9.17, 15) is 4.79 Å². The molecule has 0 atom stereocenters. The number of nitrogens with zero attached hydrogens (tertiary/aromatic N) is 1. The Morgan fingerprint density at radius 2 is 2.38 bits per heavy atom. The molecule has 0 aliphatic heterocycles. The number of carbonyl (C=O) groups is 1. The van der Waals surface area contributed by atoms with Gasteiger partial charge in [0, 0.05) is 5.69 Å². The minimum Gasteiger partial charge on any atom is -0.478 e. The molecule has 5 nitrogen and oxygen atoms in total. The van der Waals surface area contributed by atoms with Crippen molar-refractivity contribution in [2.45, 2.75) is 6.92 Å². The van der Waals surface area contributed by atoms with Gasteiger partial charge in [-0.05, 0) is 19.1 Å². The highest BCUT2D eigenvalue weighted by molar-refractivity contribution is 7.71. The Labute approximate surface area is 95.8 Å². The number of rotatable bonds is 2.